The van der Waals surface area contributed by atoms with Crippen molar-refractivity contribution in [1.82, 2.24) is 9.88 Å². The highest BCUT2D eigenvalue weighted by molar-refractivity contribution is 5.94. The first-order valence-corrected chi connectivity index (χ1v) is 7.95. The van der Waals surface area contributed by atoms with Gasteiger partial charge in [-0.2, -0.15) is 0 Å². The average Bonchev–Trinajstić information content (AvgIpc) is 2.61. The summed E-state index contributed by atoms with van der Waals surface area (Å²) in [7, 11) is 0. The van der Waals surface area contributed by atoms with E-state index in [1.807, 2.05) is 0 Å². The fraction of sp³-hybridized carbons (Fsp3) is 0.333. The van der Waals surface area contributed by atoms with Crippen molar-refractivity contribution in [2.45, 2.75) is 12.8 Å². The molecule has 1 aromatic heterocycles. The minimum atomic E-state index is -0.299. The fourth-order valence-corrected chi connectivity index (χ4v) is 2.84. The van der Waals surface area contributed by atoms with Gasteiger partial charge in [-0.05, 0) is 49.2 Å². The van der Waals surface area contributed by atoms with E-state index < -0.39 is 0 Å². The van der Waals surface area contributed by atoms with Crippen molar-refractivity contribution in [2.24, 2.45) is 5.92 Å². The van der Waals surface area contributed by atoms with Gasteiger partial charge in [0.05, 0.1) is 6.61 Å². The van der Waals surface area contributed by atoms with Crippen LogP contribution in [0.3, 0.4) is 0 Å². The van der Waals surface area contributed by atoms with Crippen LogP contribution in [0.15, 0.2) is 42.6 Å². The Morgan fingerprint density at radius 3 is 2.88 bits per heavy atom. The predicted molar refractivity (Wildman–Crippen MR) is 86.4 cm³/mol. The van der Waals surface area contributed by atoms with Gasteiger partial charge in [0.1, 0.15) is 17.3 Å². The largest absolute Gasteiger partial charge is 0.505 e. The Kier molecular flexibility index (Phi) is 4.93. The SMILES string of the molecule is O=C(c1ncccc1O)N1CCC[C@@H](COc2ccc(F)cc2)C1. The molecule has 0 spiro atoms. The number of amides is 1. The third-order valence-corrected chi connectivity index (χ3v) is 4.09. The van der Waals surface area contributed by atoms with Gasteiger partial charge in [0.25, 0.3) is 5.91 Å². The van der Waals surface area contributed by atoms with Crippen LogP contribution in [0.1, 0.15) is 23.3 Å². The smallest absolute Gasteiger partial charge is 0.276 e. The van der Waals surface area contributed by atoms with Gasteiger partial charge in [-0.1, -0.05) is 0 Å². The average molecular weight is 330 g/mol. The molecule has 1 amide bonds. The number of hydrogen-bond donors (Lipinski definition) is 1. The molecule has 0 radical (unpaired) electrons. The molecule has 2 heterocycles. The molecule has 1 fully saturated rings. The first-order valence-electron chi connectivity index (χ1n) is 7.95. The van der Waals surface area contributed by atoms with E-state index in [4.69, 9.17) is 4.74 Å². The van der Waals surface area contributed by atoms with Crippen LogP contribution in [0.4, 0.5) is 4.39 Å². The molecule has 2 aromatic rings. The van der Waals surface area contributed by atoms with Crippen LogP contribution in [0.5, 0.6) is 11.5 Å². The Hall–Kier alpha value is -2.63. The number of aromatic hydroxyl groups is 1. The molecule has 6 heteroatoms. The van der Waals surface area contributed by atoms with E-state index in [9.17, 15) is 14.3 Å². The number of halogens is 1. The van der Waals surface area contributed by atoms with Crippen molar-refractivity contribution in [2.75, 3.05) is 19.7 Å². The van der Waals surface area contributed by atoms with Crippen molar-refractivity contribution in [1.29, 1.82) is 0 Å². The van der Waals surface area contributed by atoms with Gasteiger partial charge in [0.2, 0.25) is 0 Å². The van der Waals surface area contributed by atoms with Crippen molar-refractivity contribution in [3.8, 4) is 11.5 Å². The van der Waals surface area contributed by atoms with Crippen LogP contribution in [-0.2, 0) is 0 Å². The molecule has 126 valence electrons. The molecule has 3 rings (SSSR count). The number of pyridine rings is 1. The number of carbonyl (C=O) groups is 1. The molecule has 1 aliphatic rings. The summed E-state index contributed by atoms with van der Waals surface area (Å²) < 4.78 is 18.6. The summed E-state index contributed by atoms with van der Waals surface area (Å²) in [5.74, 6) is 0.138. The molecule has 0 saturated carbocycles. The molecule has 1 N–H and O–H groups in total. The lowest BCUT2D eigenvalue weighted by atomic mass is 9.98. The van der Waals surface area contributed by atoms with Gasteiger partial charge in [-0.3, -0.25) is 4.79 Å². The topological polar surface area (TPSA) is 62.7 Å². The Labute approximate surface area is 139 Å². The van der Waals surface area contributed by atoms with Crippen LogP contribution in [-0.4, -0.2) is 40.6 Å². The molecule has 0 aliphatic carbocycles. The lowest BCUT2D eigenvalue weighted by Crippen LogP contribution is -2.41. The number of aromatic nitrogens is 1. The van der Waals surface area contributed by atoms with E-state index in [-0.39, 0.29) is 29.1 Å². The van der Waals surface area contributed by atoms with Crippen molar-refractivity contribution < 1.29 is 19.0 Å². The molecule has 1 aromatic carbocycles. The Balaban J connectivity index is 1.59. The van der Waals surface area contributed by atoms with Crippen LogP contribution in [0.2, 0.25) is 0 Å². The zero-order valence-corrected chi connectivity index (χ0v) is 13.2. The van der Waals surface area contributed by atoms with Crippen molar-refractivity contribution >= 4 is 5.91 Å². The Morgan fingerprint density at radius 1 is 1.33 bits per heavy atom. The monoisotopic (exact) mass is 330 g/mol. The summed E-state index contributed by atoms with van der Waals surface area (Å²) in [6.45, 7) is 1.65. The normalized spacial score (nSPS) is 17.5. The molecular formula is C18H19FN2O3. The molecule has 1 saturated heterocycles. The first-order chi connectivity index (χ1) is 11.6. The van der Waals surface area contributed by atoms with Crippen LogP contribution >= 0.6 is 0 Å². The maximum absolute atomic E-state index is 12.9. The zero-order valence-electron chi connectivity index (χ0n) is 13.2. The predicted octanol–water partition coefficient (Wildman–Crippen LogP) is 2.86. The number of ether oxygens (including phenoxy) is 1. The van der Waals surface area contributed by atoms with Gasteiger partial charge in [0, 0.05) is 25.2 Å². The maximum atomic E-state index is 12.9. The van der Waals surface area contributed by atoms with Crippen molar-refractivity contribution in [3.63, 3.8) is 0 Å². The van der Waals surface area contributed by atoms with E-state index >= 15 is 0 Å². The van der Waals surface area contributed by atoms with Gasteiger partial charge < -0.3 is 14.7 Å². The highest BCUT2D eigenvalue weighted by atomic mass is 19.1. The summed E-state index contributed by atoms with van der Waals surface area (Å²) >= 11 is 0. The second kappa shape index (κ2) is 7.29. The van der Waals surface area contributed by atoms with Crippen molar-refractivity contribution in [3.05, 3.63) is 54.1 Å². The second-order valence-electron chi connectivity index (χ2n) is 5.90. The number of carbonyl (C=O) groups excluding carboxylic acids is 1. The molecule has 24 heavy (non-hydrogen) atoms. The highest BCUT2D eigenvalue weighted by Gasteiger charge is 2.27. The van der Waals surface area contributed by atoms with E-state index in [0.717, 1.165) is 12.8 Å². The molecule has 1 aliphatic heterocycles. The standard InChI is InChI=1S/C18H19FN2O3/c19-14-5-7-15(8-6-14)24-12-13-3-2-10-21(11-13)18(23)17-16(22)4-1-9-20-17/h1,4-9,13,22H,2-3,10-12H2/t13-/m1/s1. The van der Waals surface area contributed by atoms with Crippen LogP contribution in [0, 0.1) is 11.7 Å². The van der Waals surface area contributed by atoms with E-state index in [2.05, 4.69) is 4.98 Å². The lowest BCUT2D eigenvalue weighted by Gasteiger charge is -2.32. The third-order valence-electron chi connectivity index (χ3n) is 4.09. The molecule has 1 atom stereocenters. The van der Waals surface area contributed by atoms with Gasteiger partial charge in [-0.15, -0.1) is 0 Å². The van der Waals surface area contributed by atoms with E-state index in [0.29, 0.717) is 25.4 Å². The summed E-state index contributed by atoms with van der Waals surface area (Å²) in [4.78, 5) is 18.2. The summed E-state index contributed by atoms with van der Waals surface area (Å²) in [5.41, 5.74) is 0.0811. The minimum absolute atomic E-state index is 0.0811. The number of benzene rings is 1. The van der Waals surface area contributed by atoms with Gasteiger partial charge >= 0.3 is 0 Å². The summed E-state index contributed by atoms with van der Waals surface area (Å²) in [6, 6.07) is 8.94. The minimum Gasteiger partial charge on any atom is -0.505 e. The summed E-state index contributed by atoms with van der Waals surface area (Å²) in [6.07, 6.45) is 3.32. The third kappa shape index (κ3) is 3.82. The Morgan fingerprint density at radius 2 is 2.12 bits per heavy atom. The summed E-state index contributed by atoms with van der Waals surface area (Å²) in [5, 5.41) is 9.79. The molecule has 0 bridgehead atoms. The number of rotatable bonds is 4. The second-order valence-corrected chi connectivity index (χ2v) is 5.90. The van der Waals surface area contributed by atoms with Crippen LogP contribution in [0.25, 0.3) is 0 Å². The fourth-order valence-electron chi connectivity index (χ4n) is 2.84. The Bertz CT molecular complexity index is 706. The molecule has 5 nitrogen and oxygen atoms in total. The number of hydrogen-bond acceptors (Lipinski definition) is 4. The number of nitrogens with zero attached hydrogens (tertiary/aromatic N) is 2. The highest BCUT2D eigenvalue weighted by Crippen LogP contribution is 2.22. The molecular weight excluding hydrogens is 311 g/mol. The van der Waals surface area contributed by atoms with E-state index in [1.165, 1.54) is 24.4 Å². The first kappa shape index (κ1) is 16.2. The number of piperidine rings is 1. The lowest BCUT2D eigenvalue weighted by molar-refractivity contribution is 0.0624. The van der Waals surface area contributed by atoms with Gasteiger partial charge in [0.15, 0.2) is 5.69 Å². The quantitative estimate of drug-likeness (QED) is 0.936. The number of likely N-dealkylation sites (tertiary alicyclic amines) is 1. The zero-order chi connectivity index (χ0) is 16.9. The van der Waals surface area contributed by atoms with Crippen LogP contribution < -0.4 is 4.74 Å². The molecule has 0 unspecified atom stereocenters. The van der Waals surface area contributed by atoms with Gasteiger partial charge in [-0.25, -0.2) is 9.37 Å². The maximum Gasteiger partial charge on any atom is 0.276 e. The van der Waals surface area contributed by atoms with E-state index in [1.54, 1.807) is 23.1 Å².